The Balaban J connectivity index is 0.00000391. The second-order valence-corrected chi connectivity index (χ2v) is 8.75. The third-order valence-electron chi connectivity index (χ3n) is 6.20. The molecule has 2 rings (SSSR count). The fourth-order valence-corrected chi connectivity index (χ4v) is 4.08. The Hall–Kier alpha value is -4.03. The smallest absolute Gasteiger partial charge is 0.252 e. The summed E-state index contributed by atoms with van der Waals surface area (Å²) in [5.41, 5.74) is 5.01. The zero-order valence-electron chi connectivity index (χ0n) is 25.2. The summed E-state index contributed by atoms with van der Waals surface area (Å²) in [7, 11) is 0. The lowest BCUT2D eigenvalue weighted by atomic mass is 9.92. The van der Waals surface area contributed by atoms with E-state index in [0.717, 1.165) is 35.4 Å². The van der Waals surface area contributed by atoms with E-state index in [4.69, 9.17) is 0 Å². The number of carbonyl (C=O) groups is 2. The van der Waals surface area contributed by atoms with E-state index in [-0.39, 0.29) is 17.9 Å². The molecule has 1 aliphatic heterocycles. The van der Waals surface area contributed by atoms with Crippen molar-refractivity contribution >= 4 is 23.2 Å². The van der Waals surface area contributed by atoms with E-state index in [1.165, 1.54) is 6.20 Å². The average Bonchev–Trinajstić information content (AvgIpc) is 3.47. The largest absolute Gasteiger partial charge is 0.340 e. The summed E-state index contributed by atoms with van der Waals surface area (Å²) in [4.78, 5) is 30.8. The number of ketones is 1. The van der Waals surface area contributed by atoms with Crippen molar-refractivity contribution in [3.05, 3.63) is 114 Å². The number of carbonyl (C=O) groups excluding carboxylic acids is 2. The van der Waals surface area contributed by atoms with Crippen LogP contribution in [0.25, 0.3) is 0 Å². The Morgan fingerprint density at radius 2 is 1.93 bits per heavy atom. The lowest BCUT2D eigenvalue weighted by Gasteiger charge is -2.19. The van der Waals surface area contributed by atoms with Crippen LogP contribution in [0.2, 0.25) is 0 Å². The molecule has 0 spiro atoms. The van der Waals surface area contributed by atoms with Gasteiger partial charge in [-0.25, -0.2) is 4.99 Å². The molecule has 0 radical (unpaired) electrons. The van der Waals surface area contributed by atoms with Crippen molar-refractivity contribution in [2.75, 3.05) is 11.9 Å². The van der Waals surface area contributed by atoms with Crippen LogP contribution in [0.4, 0.5) is 5.69 Å². The predicted molar refractivity (Wildman–Crippen MR) is 172 cm³/mol. The van der Waals surface area contributed by atoms with Crippen LogP contribution >= 0.6 is 0 Å². The second kappa shape index (κ2) is 18.3. The van der Waals surface area contributed by atoms with E-state index in [2.05, 4.69) is 34.1 Å². The number of hydrogen-bond donors (Lipinski definition) is 3. The van der Waals surface area contributed by atoms with Gasteiger partial charge in [-0.3, -0.25) is 14.9 Å². The molecular weight excluding hydrogens is 496 g/mol. The summed E-state index contributed by atoms with van der Waals surface area (Å²) in [5.74, 6) is 0.293. The molecule has 1 aromatic carbocycles. The molecule has 6 heteroatoms. The summed E-state index contributed by atoms with van der Waals surface area (Å²) in [5, 5.41) is 9.53. The third kappa shape index (κ3) is 9.62. The van der Waals surface area contributed by atoms with Crippen LogP contribution in [0.1, 0.15) is 70.3 Å². The van der Waals surface area contributed by atoms with Crippen molar-refractivity contribution in [2.24, 2.45) is 4.99 Å². The SMILES string of the molecule is C=CN=C(Nc1cc(C(=O)NC2C=CCN2)ccc1C)/C(CC)=C(C)/C(=C\C)C(=O)/C(C=C)=C/C=C\CC.CC. The fraction of sp³-hybridized carbons (Fsp3) is 0.324. The maximum Gasteiger partial charge on any atom is 0.252 e. The third-order valence-corrected chi connectivity index (χ3v) is 6.20. The number of anilines is 1. The Labute approximate surface area is 241 Å². The molecule has 1 atom stereocenters. The van der Waals surface area contributed by atoms with Gasteiger partial charge in [0.1, 0.15) is 5.84 Å². The molecule has 0 aliphatic carbocycles. The number of amides is 1. The number of Topliss-reactive ketones (excluding diaryl/α,β-unsaturated/α-hetero) is 1. The molecule has 6 nitrogen and oxygen atoms in total. The van der Waals surface area contributed by atoms with Crippen LogP contribution in [0.15, 0.2) is 107 Å². The maximum absolute atomic E-state index is 13.4. The van der Waals surface area contributed by atoms with E-state index < -0.39 is 0 Å². The van der Waals surface area contributed by atoms with Crippen LogP contribution in [-0.2, 0) is 4.79 Å². The number of hydrogen-bond acceptors (Lipinski definition) is 4. The summed E-state index contributed by atoms with van der Waals surface area (Å²) >= 11 is 0. The van der Waals surface area contributed by atoms with Gasteiger partial charge in [-0.1, -0.05) is 89.5 Å². The van der Waals surface area contributed by atoms with Crippen LogP contribution in [0, 0.1) is 6.92 Å². The van der Waals surface area contributed by atoms with Gasteiger partial charge in [0, 0.05) is 35.1 Å². The fourth-order valence-electron chi connectivity index (χ4n) is 4.08. The van der Waals surface area contributed by atoms with Crippen LogP contribution in [0.3, 0.4) is 0 Å². The van der Waals surface area contributed by atoms with Gasteiger partial charge in [-0.05, 0) is 62.5 Å². The van der Waals surface area contributed by atoms with E-state index in [0.29, 0.717) is 29.0 Å². The Bertz CT molecular complexity index is 1240. The Kier molecular flexibility index (Phi) is 15.5. The van der Waals surface area contributed by atoms with Gasteiger partial charge in [0.05, 0.1) is 6.17 Å². The van der Waals surface area contributed by atoms with E-state index in [1.807, 2.05) is 91.0 Å². The van der Waals surface area contributed by atoms with Crippen molar-refractivity contribution in [3.8, 4) is 0 Å². The van der Waals surface area contributed by atoms with Gasteiger partial charge in [0.25, 0.3) is 5.91 Å². The predicted octanol–water partition coefficient (Wildman–Crippen LogP) is 7.51. The molecule has 0 saturated heterocycles. The van der Waals surface area contributed by atoms with Gasteiger partial charge in [0.2, 0.25) is 0 Å². The first kappa shape index (κ1) is 34.0. The summed E-state index contributed by atoms with van der Waals surface area (Å²) in [6.45, 7) is 22.1. The molecule has 1 unspecified atom stereocenters. The highest BCUT2D eigenvalue weighted by Gasteiger charge is 2.20. The topological polar surface area (TPSA) is 82.6 Å². The number of rotatable bonds is 12. The molecule has 0 saturated carbocycles. The van der Waals surface area contributed by atoms with Crippen LogP contribution in [0.5, 0.6) is 0 Å². The number of benzene rings is 1. The van der Waals surface area contributed by atoms with Gasteiger partial charge in [-0.2, -0.15) is 0 Å². The van der Waals surface area contributed by atoms with Gasteiger partial charge in [-0.15, -0.1) is 0 Å². The normalized spacial score (nSPS) is 16.2. The summed E-state index contributed by atoms with van der Waals surface area (Å²) in [6, 6.07) is 5.51. The van der Waals surface area contributed by atoms with Crippen molar-refractivity contribution in [1.29, 1.82) is 0 Å². The molecule has 214 valence electrons. The molecule has 1 aromatic rings. The van der Waals surface area contributed by atoms with Crippen molar-refractivity contribution in [3.63, 3.8) is 0 Å². The number of amidine groups is 1. The molecule has 1 heterocycles. The van der Waals surface area contributed by atoms with E-state index in [9.17, 15) is 9.59 Å². The zero-order chi connectivity index (χ0) is 30.1. The first-order chi connectivity index (χ1) is 19.3. The van der Waals surface area contributed by atoms with Gasteiger partial charge >= 0.3 is 0 Å². The number of allylic oxidation sites excluding steroid dienone is 8. The second-order valence-electron chi connectivity index (χ2n) is 8.75. The van der Waals surface area contributed by atoms with Crippen molar-refractivity contribution in [2.45, 2.75) is 67.5 Å². The molecule has 1 amide bonds. The van der Waals surface area contributed by atoms with Crippen LogP contribution < -0.4 is 16.0 Å². The summed E-state index contributed by atoms with van der Waals surface area (Å²) in [6.07, 6.45) is 15.7. The number of aliphatic imine (C=N–C) groups is 1. The lowest BCUT2D eigenvalue weighted by molar-refractivity contribution is -0.111. The molecule has 3 N–H and O–H groups in total. The minimum Gasteiger partial charge on any atom is -0.340 e. The highest BCUT2D eigenvalue weighted by molar-refractivity contribution is 6.16. The molecular formula is C34H46N4O2. The van der Waals surface area contributed by atoms with E-state index in [1.54, 1.807) is 18.2 Å². The highest BCUT2D eigenvalue weighted by atomic mass is 16.2. The quantitative estimate of drug-likeness (QED) is 0.0839. The summed E-state index contributed by atoms with van der Waals surface area (Å²) < 4.78 is 0. The van der Waals surface area contributed by atoms with Crippen LogP contribution in [-0.4, -0.2) is 30.2 Å². The highest BCUT2D eigenvalue weighted by Crippen LogP contribution is 2.25. The van der Waals surface area contributed by atoms with E-state index >= 15 is 0 Å². The Morgan fingerprint density at radius 1 is 1.20 bits per heavy atom. The van der Waals surface area contributed by atoms with Crippen molar-refractivity contribution < 1.29 is 9.59 Å². The van der Waals surface area contributed by atoms with Gasteiger partial charge < -0.3 is 10.6 Å². The first-order valence-electron chi connectivity index (χ1n) is 14.0. The molecule has 1 aliphatic rings. The standard InChI is InChI=1S/C32H40N4O2.C2H6/c1-8-13-14-16-24(9-2)30(37)26(10-3)23(7)27(11-4)31(33-12-5)35-28-21-25(19-18-22(28)6)32(38)36-29-17-15-20-34-29;1-2/h9-10,12-19,21,29,34H,2,5,8,11,20H2,1,3-4,6-7H3,(H,33,35)(H,36,38);1-2H3/b14-13-,24-16+,26-10+,27-23+;. The minimum absolute atomic E-state index is 0.103. The Morgan fingerprint density at radius 3 is 2.48 bits per heavy atom. The average molecular weight is 543 g/mol. The first-order valence-corrected chi connectivity index (χ1v) is 14.0. The number of nitrogens with one attached hydrogen (secondary N) is 3. The lowest BCUT2D eigenvalue weighted by Crippen LogP contribution is -2.41. The monoisotopic (exact) mass is 542 g/mol. The number of aryl methyl sites for hydroxylation is 1. The zero-order valence-corrected chi connectivity index (χ0v) is 25.2. The van der Waals surface area contributed by atoms with Crippen molar-refractivity contribution in [1.82, 2.24) is 10.6 Å². The minimum atomic E-state index is -0.181. The number of nitrogens with zero attached hydrogens (tertiary/aromatic N) is 1. The molecule has 0 bridgehead atoms. The molecule has 40 heavy (non-hydrogen) atoms. The van der Waals surface area contributed by atoms with Gasteiger partial charge in [0.15, 0.2) is 5.78 Å². The molecule has 0 aromatic heterocycles. The molecule has 0 fully saturated rings. The maximum atomic E-state index is 13.4.